The number of amides is 1. The van der Waals surface area contributed by atoms with Gasteiger partial charge in [-0.1, -0.05) is 0 Å². The molecule has 0 spiro atoms. The molecule has 0 aromatic carbocycles. The van der Waals surface area contributed by atoms with Crippen LogP contribution in [-0.4, -0.2) is 42.0 Å². The maximum atomic E-state index is 11.7. The lowest BCUT2D eigenvalue weighted by molar-refractivity contribution is -0.147. The van der Waals surface area contributed by atoms with Gasteiger partial charge in [0, 0.05) is 0 Å². The third kappa shape index (κ3) is 5.06. The average molecular weight is 273 g/mol. The number of nitrogens with one attached hydrogen (secondary N) is 1. The van der Waals surface area contributed by atoms with Gasteiger partial charge in [-0.2, -0.15) is 0 Å². The van der Waals surface area contributed by atoms with E-state index in [2.05, 4.69) is 5.32 Å². The maximum absolute atomic E-state index is 11.7. The summed E-state index contributed by atoms with van der Waals surface area (Å²) >= 11 is 0. The maximum Gasteiger partial charge on any atom is 0.407 e. The minimum Gasteiger partial charge on any atom is -0.469 e. The molecule has 1 rings (SSSR count). The second-order valence-electron chi connectivity index (χ2n) is 5.85. The van der Waals surface area contributed by atoms with E-state index >= 15 is 0 Å². The molecular formula is C13H23NO5. The zero-order valence-electron chi connectivity index (χ0n) is 11.9. The van der Waals surface area contributed by atoms with E-state index in [1.807, 2.05) is 0 Å². The fourth-order valence-electron chi connectivity index (χ4n) is 2.15. The number of carbonyl (C=O) groups excluding carboxylic acids is 2. The van der Waals surface area contributed by atoms with E-state index < -0.39 is 23.8 Å². The fraction of sp³-hybridized carbons (Fsp3) is 0.846. The molecule has 19 heavy (non-hydrogen) atoms. The Morgan fingerprint density at radius 2 is 1.89 bits per heavy atom. The molecule has 0 aliphatic heterocycles. The predicted molar refractivity (Wildman–Crippen MR) is 68.5 cm³/mol. The lowest BCUT2D eigenvalue weighted by Crippen LogP contribution is -2.49. The first-order chi connectivity index (χ1) is 8.73. The van der Waals surface area contributed by atoms with Crippen LogP contribution >= 0.6 is 0 Å². The van der Waals surface area contributed by atoms with Gasteiger partial charge in [0.25, 0.3) is 0 Å². The number of rotatable bonds is 2. The number of ether oxygens (including phenoxy) is 2. The second-order valence-corrected chi connectivity index (χ2v) is 5.85. The summed E-state index contributed by atoms with van der Waals surface area (Å²) in [5.74, 6) is -0.587. The van der Waals surface area contributed by atoms with Crippen molar-refractivity contribution in [2.75, 3.05) is 7.11 Å². The highest BCUT2D eigenvalue weighted by atomic mass is 16.6. The zero-order valence-corrected chi connectivity index (χ0v) is 11.9. The Kier molecular flexibility index (Phi) is 5.17. The summed E-state index contributed by atoms with van der Waals surface area (Å²) in [6, 6.07) is -0.479. The molecule has 3 unspecified atom stereocenters. The van der Waals surface area contributed by atoms with Gasteiger partial charge in [0.2, 0.25) is 0 Å². The van der Waals surface area contributed by atoms with E-state index in [1.54, 1.807) is 20.8 Å². The van der Waals surface area contributed by atoms with Gasteiger partial charge in [-0.25, -0.2) is 4.79 Å². The Morgan fingerprint density at radius 3 is 2.42 bits per heavy atom. The van der Waals surface area contributed by atoms with Crippen LogP contribution in [-0.2, 0) is 14.3 Å². The Bertz CT molecular complexity index is 336. The monoisotopic (exact) mass is 273 g/mol. The van der Waals surface area contributed by atoms with Crippen LogP contribution in [0.25, 0.3) is 0 Å². The molecule has 0 bridgehead atoms. The largest absolute Gasteiger partial charge is 0.469 e. The highest BCUT2D eigenvalue weighted by molar-refractivity contribution is 5.73. The number of hydrogen-bond acceptors (Lipinski definition) is 5. The van der Waals surface area contributed by atoms with Gasteiger partial charge >= 0.3 is 12.1 Å². The first-order valence-electron chi connectivity index (χ1n) is 6.48. The molecule has 1 fully saturated rings. The number of esters is 1. The highest BCUT2D eigenvalue weighted by Crippen LogP contribution is 2.26. The topological polar surface area (TPSA) is 84.9 Å². The SMILES string of the molecule is COC(=O)C1CCC(O)C(NC(=O)OC(C)(C)C)C1. The first kappa shape index (κ1) is 15.8. The van der Waals surface area contributed by atoms with Crippen LogP contribution in [0, 0.1) is 5.92 Å². The molecule has 0 saturated heterocycles. The van der Waals surface area contributed by atoms with Gasteiger partial charge in [0.05, 0.1) is 25.2 Å². The number of carbonyl (C=O) groups is 2. The molecule has 2 N–H and O–H groups in total. The predicted octanol–water partition coefficient (Wildman–Crippen LogP) is 1.21. The Hall–Kier alpha value is -1.30. The molecule has 0 radical (unpaired) electrons. The molecule has 0 heterocycles. The van der Waals surface area contributed by atoms with Gasteiger partial charge in [-0.05, 0) is 40.0 Å². The molecule has 6 nitrogen and oxygen atoms in total. The van der Waals surface area contributed by atoms with Gasteiger partial charge in [0.1, 0.15) is 5.60 Å². The van der Waals surface area contributed by atoms with Crippen molar-refractivity contribution >= 4 is 12.1 Å². The summed E-state index contributed by atoms with van der Waals surface area (Å²) in [5, 5.41) is 12.5. The quantitative estimate of drug-likeness (QED) is 0.739. The van der Waals surface area contributed by atoms with E-state index in [4.69, 9.17) is 9.47 Å². The summed E-state index contributed by atoms with van der Waals surface area (Å²) in [4.78, 5) is 23.1. The lowest BCUT2D eigenvalue weighted by atomic mass is 9.84. The fourth-order valence-corrected chi connectivity index (χ4v) is 2.15. The third-order valence-corrected chi connectivity index (χ3v) is 3.05. The van der Waals surface area contributed by atoms with Gasteiger partial charge in [-0.15, -0.1) is 0 Å². The van der Waals surface area contributed by atoms with Crippen molar-refractivity contribution in [3.8, 4) is 0 Å². The standard InChI is InChI=1S/C13H23NO5/c1-13(2,3)19-12(17)14-9-7-8(11(16)18-4)5-6-10(9)15/h8-10,15H,5-7H2,1-4H3,(H,14,17). The molecule has 0 aromatic rings. The van der Waals surface area contributed by atoms with Crippen LogP contribution in [0.5, 0.6) is 0 Å². The summed E-state index contributed by atoms with van der Waals surface area (Å²) in [6.07, 6.45) is 0.156. The zero-order chi connectivity index (χ0) is 14.6. The van der Waals surface area contributed by atoms with Gasteiger partial charge in [-0.3, -0.25) is 4.79 Å². The molecule has 1 aliphatic carbocycles. The summed E-state index contributed by atoms with van der Waals surface area (Å²) < 4.78 is 9.83. The van der Waals surface area contributed by atoms with Crippen LogP contribution in [0.1, 0.15) is 40.0 Å². The van der Waals surface area contributed by atoms with Crippen LogP contribution in [0.4, 0.5) is 4.79 Å². The first-order valence-corrected chi connectivity index (χ1v) is 6.48. The molecule has 3 atom stereocenters. The van der Waals surface area contributed by atoms with Crippen LogP contribution < -0.4 is 5.32 Å². The number of methoxy groups -OCH3 is 1. The lowest BCUT2D eigenvalue weighted by Gasteiger charge is -2.33. The normalized spacial score (nSPS) is 27.5. The number of alkyl carbamates (subject to hydrolysis) is 1. The Morgan fingerprint density at radius 1 is 1.26 bits per heavy atom. The number of aliphatic hydroxyl groups excluding tert-OH is 1. The van der Waals surface area contributed by atoms with Crippen molar-refractivity contribution in [1.82, 2.24) is 5.32 Å². The van der Waals surface area contributed by atoms with E-state index in [9.17, 15) is 14.7 Å². The average Bonchev–Trinajstić information content (AvgIpc) is 2.28. The third-order valence-electron chi connectivity index (χ3n) is 3.05. The summed E-state index contributed by atoms with van der Waals surface area (Å²) in [5.41, 5.74) is -0.592. The summed E-state index contributed by atoms with van der Waals surface area (Å²) in [6.45, 7) is 5.30. The van der Waals surface area contributed by atoms with Gasteiger partial charge < -0.3 is 19.9 Å². The van der Waals surface area contributed by atoms with E-state index in [0.29, 0.717) is 19.3 Å². The van der Waals surface area contributed by atoms with Crippen LogP contribution in [0.3, 0.4) is 0 Å². The minimum absolute atomic E-state index is 0.284. The molecule has 0 aromatic heterocycles. The van der Waals surface area contributed by atoms with Crippen molar-refractivity contribution < 1.29 is 24.2 Å². The van der Waals surface area contributed by atoms with Crippen molar-refractivity contribution in [2.45, 2.75) is 57.8 Å². The molecule has 6 heteroatoms. The molecular weight excluding hydrogens is 250 g/mol. The van der Waals surface area contributed by atoms with Crippen LogP contribution in [0.15, 0.2) is 0 Å². The van der Waals surface area contributed by atoms with Crippen molar-refractivity contribution in [2.24, 2.45) is 5.92 Å². The minimum atomic E-state index is -0.659. The second kappa shape index (κ2) is 6.23. The van der Waals surface area contributed by atoms with E-state index in [-0.39, 0.29) is 11.9 Å². The molecule has 110 valence electrons. The van der Waals surface area contributed by atoms with Crippen LogP contribution in [0.2, 0.25) is 0 Å². The Balaban J connectivity index is 2.55. The van der Waals surface area contributed by atoms with E-state index in [0.717, 1.165) is 0 Å². The van der Waals surface area contributed by atoms with Crippen molar-refractivity contribution in [3.05, 3.63) is 0 Å². The van der Waals surface area contributed by atoms with E-state index in [1.165, 1.54) is 7.11 Å². The Labute approximate surface area is 113 Å². The van der Waals surface area contributed by atoms with Gasteiger partial charge in [0.15, 0.2) is 0 Å². The molecule has 1 amide bonds. The summed E-state index contributed by atoms with van der Waals surface area (Å²) in [7, 11) is 1.34. The highest BCUT2D eigenvalue weighted by Gasteiger charge is 2.35. The number of hydrogen-bond donors (Lipinski definition) is 2. The number of aliphatic hydroxyl groups is 1. The molecule has 1 saturated carbocycles. The van der Waals surface area contributed by atoms with Crippen molar-refractivity contribution in [1.29, 1.82) is 0 Å². The smallest absolute Gasteiger partial charge is 0.407 e. The van der Waals surface area contributed by atoms with Crippen molar-refractivity contribution in [3.63, 3.8) is 0 Å². The molecule has 1 aliphatic rings.